The minimum Gasteiger partial charge on any atom is -0.478 e. The van der Waals surface area contributed by atoms with Crippen molar-refractivity contribution in [3.63, 3.8) is 0 Å². The second-order valence-corrected chi connectivity index (χ2v) is 2.94. The molecule has 0 saturated carbocycles. The van der Waals surface area contributed by atoms with Crippen LogP contribution in [-0.2, 0) is 0 Å². The van der Waals surface area contributed by atoms with Gasteiger partial charge in [0.15, 0.2) is 0 Å². The van der Waals surface area contributed by atoms with Crippen LogP contribution in [0.15, 0.2) is 36.8 Å². The van der Waals surface area contributed by atoms with Crippen LogP contribution in [-0.4, -0.2) is 26.0 Å². The maximum Gasteiger partial charge on any atom is 0.338 e. The summed E-state index contributed by atoms with van der Waals surface area (Å²) in [5.74, 6) is -0.140. The molecule has 2 aromatic heterocycles. The zero-order valence-corrected chi connectivity index (χ0v) is 8.16. The fourth-order valence-corrected chi connectivity index (χ4v) is 1.05. The van der Waals surface area contributed by atoms with E-state index in [4.69, 9.17) is 5.11 Å². The summed E-state index contributed by atoms with van der Waals surface area (Å²) in [6.45, 7) is 0. The lowest BCUT2D eigenvalue weighted by atomic mass is 10.3. The summed E-state index contributed by atoms with van der Waals surface area (Å²) < 4.78 is 0. The van der Waals surface area contributed by atoms with Crippen molar-refractivity contribution in [1.29, 1.82) is 0 Å². The summed E-state index contributed by atoms with van der Waals surface area (Å²) in [4.78, 5) is 22.3. The van der Waals surface area contributed by atoms with E-state index < -0.39 is 5.97 Å². The Morgan fingerprint density at radius 2 is 1.94 bits per heavy atom. The number of pyridine rings is 1. The highest BCUT2D eigenvalue weighted by Gasteiger charge is 2.04. The van der Waals surface area contributed by atoms with E-state index in [2.05, 4.69) is 20.3 Å². The summed E-state index contributed by atoms with van der Waals surface area (Å²) in [5, 5.41) is 11.5. The molecule has 6 heteroatoms. The van der Waals surface area contributed by atoms with Crippen LogP contribution in [0.2, 0.25) is 0 Å². The number of carboxylic acid groups (broad SMARTS) is 1. The molecule has 0 aliphatic heterocycles. The van der Waals surface area contributed by atoms with Gasteiger partial charge in [0.25, 0.3) is 0 Å². The first-order chi connectivity index (χ1) is 7.75. The maximum atomic E-state index is 10.6. The molecule has 0 fully saturated rings. The zero-order valence-electron chi connectivity index (χ0n) is 8.16. The molecule has 0 amide bonds. The van der Waals surface area contributed by atoms with E-state index in [0.717, 1.165) is 0 Å². The SMILES string of the molecule is O=C(O)c1cnc(Nc2ccccn2)nc1. The Kier molecular flexibility index (Phi) is 2.73. The molecule has 0 aliphatic carbocycles. The molecule has 6 nitrogen and oxygen atoms in total. The first-order valence-electron chi connectivity index (χ1n) is 4.49. The van der Waals surface area contributed by atoms with Gasteiger partial charge < -0.3 is 10.4 Å². The Balaban J connectivity index is 2.14. The Morgan fingerprint density at radius 1 is 1.19 bits per heavy atom. The van der Waals surface area contributed by atoms with Crippen LogP contribution >= 0.6 is 0 Å². The third-order valence-corrected chi connectivity index (χ3v) is 1.80. The first-order valence-corrected chi connectivity index (χ1v) is 4.49. The van der Waals surface area contributed by atoms with E-state index in [1.807, 2.05) is 6.07 Å². The molecule has 16 heavy (non-hydrogen) atoms. The van der Waals surface area contributed by atoms with Crippen LogP contribution < -0.4 is 5.32 Å². The number of hydrogen-bond donors (Lipinski definition) is 2. The van der Waals surface area contributed by atoms with E-state index in [9.17, 15) is 4.79 Å². The van der Waals surface area contributed by atoms with Gasteiger partial charge in [0, 0.05) is 18.6 Å². The number of carbonyl (C=O) groups is 1. The highest BCUT2D eigenvalue weighted by atomic mass is 16.4. The molecule has 2 aromatic rings. The summed E-state index contributed by atoms with van der Waals surface area (Å²) >= 11 is 0. The van der Waals surface area contributed by atoms with Gasteiger partial charge in [-0.3, -0.25) is 0 Å². The van der Waals surface area contributed by atoms with Crippen LogP contribution in [0.5, 0.6) is 0 Å². The molecule has 80 valence electrons. The van der Waals surface area contributed by atoms with Gasteiger partial charge in [-0.15, -0.1) is 0 Å². The van der Waals surface area contributed by atoms with Gasteiger partial charge in [0.05, 0.1) is 5.56 Å². The van der Waals surface area contributed by atoms with E-state index in [-0.39, 0.29) is 5.56 Å². The normalized spacial score (nSPS) is 9.75. The predicted octanol–water partition coefficient (Wildman–Crippen LogP) is 1.31. The van der Waals surface area contributed by atoms with Gasteiger partial charge >= 0.3 is 5.97 Å². The number of rotatable bonds is 3. The van der Waals surface area contributed by atoms with Crippen LogP contribution in [0.1, 0.15) is 10.4 Å². The quantitative estimate of drug-likeness (QED) is 0.804. The lowest BCUT2D eigenvalue weighted by Gasteiger charge is -2.02. The fraction of sp³-hybridized carbons (Fsp3) is 0. The molecule has 2 heterocycles. The minimum absolute atomic E-state index is 0.0478. The number of carboxylic acids is 1. The fourth-order valence-electron chi connectivity index (χ4n) is 1.05. The molecule has 0 atom stereocenters. The molecule has 0 unspecified atom stereocenters. The number of anilines is 2. The number of nitrogens with one attached hydrogen (secondary N) is 1. The first kappa shape index (κ1) is 10.0. The van der Waals surface area contributed by atoms with Gasteiger partial charge in [0.2, 0.25) is 5.95 Å². The minimum atomic E-state index is -1.05. The molecule has 0 saturated heterocycles. The molecular weight excluding hydrogens is 208 g/mol. The van der Waals surface area contributed by atoms with E-state index in [1.165, 1.54) is 12.4 Å². The third-order valence-electron chi connectivity index (χ3n) is 1.80. The molecular formula is C10H8N4O2. The second-order valence-electron chi connectivity index (χ2n) is 2.94. The van der Waals surface area contributed by atoms with Crippen LogP contribution in [0.4, 0.5) is 11.8 Å². The smallest absolute Gasteiger partial charge is 0.338 e. The van der Waals surface area contributed by atoms with E-state index >= 15 is 0 Å². The van der Waals surface area contributed by atoms with Crippen molar-refractivity contribution in [2.45, 2.75) is 0 Å². The number of aromatic carboxylic acids is 1. The number of aromatic nitrogens is 3. The summed E-state index contributed by atoms with van der Waals surface area (Å²) in [5.41, 5.74) is 0.0478. The summed E-state index contributed by atoms with van der Waals surface area (Å²) in [6, 6.07) is 5.37. The Labute approximate surface area is 91.0 Å². The molecule has 0 radical (unpaired) electrons. The average molecular weight is 216 g/mol. The monoisotopic (exact) mass is 216 g/mol. The van der Waals surface area contributed by atoms with Crippen molar-refractivity contribution < 1.29 is 9.90 Å². The van der Waals surface area contributed by atoms with Crippen molar-refractivity contribution in [2.24, 2.45) is 0 Å². The third kappa shape index (κ3) is 2.30. The highest BCUT2D eigenvalue weighted by Crippen LogP contribution is 2.08. The van der Waals surface area contributed by atoms with Crippen molar-refractivity contribution in [3.05, 3.63) is 42.4 Å². The predicted molar refractivity (Wildman–Crippen MR) is 56.5 cm³/mol. The van der Waals surface area contributed by atoms with Crippen molar-refractivity contribution in [1.82, 2.24) is 15.0 Å². The summed E-state index contributed by atoms with van der Waals surface area (Å²) in [7, 11) is 0. The molecule has 2 rings (SSSR count). The molecule has 0 spiro atoms. The highest BCUT2D eigenvalue weighted by molar-refractivity contribution is 5.86. The van der Waals surface area contributed by atoms with Gasteiger partial charge in [0.1, 0.15) is 5.82 Å². The Hall–Kier alpha value is -2.50. The standard InChI is InChI=1S/C10H8N4O2/c15-9(16)7-5-12-10(13-6-7)14-8-3-1-2-4-11-8/h1-6H,(H,15,16)(H,11,12,13,14). The van der Waals surface area contributed by atoms with Crippen LogP contribution in [0.25, 0.3) is 0 Å². The Bertz CT molecular complexity index is 484. The molecule has 0 aromatic carbocycles. The van der Waals surface area contributed by atoms with Crippen LogP contribution in [0, 0.1) is 0 Å². The zero-order chi connectivity index (χ0) is 11.4. The number of hydrogen-bond acceptors (Lipinski definition) is 5. The molecule has 0 aliphatic rings. The van der Waals surface area contributed by atoms with Crippen molar-refractivity contribution in [3.8, 4) is 0 Å². The van der Waals surface area contributed by atoms with E-state index in [0.29, 0.717) is 11.8 Å². The topological polar surface area (TPSA) is 88.0 Å². The lowest BCUT2D eigenvalue weighted by molar-refractivity contribution is 0.0696. The maximum absolute atomic E-state index is 10.6. The van der Waals surface area contributed by atoms with Crippen molar-refractivity contribution >= 4 is 17.7 Å². The van der Waals surface area contributed by atoms with Gasteiger partial charge in [-0.1, -0.05) is 6.07 Å². The molecule has 2 N–H and O–H groups in total. The van der Waals surface area contributed by atoms with Gasteiger partial charge in [-0.25, -0.2) is 19.7 Å². The summed E-state index contributed by atoms with van der Waals surface area (Å²) in [6.07, 6.45) is 4.11. The largest absolute Gasteiger partial charge is 0.478 e. The van der Waals surface area contributed by atoms with Crippen molar-refractivity contribution in [2.75, 3.05) is 5.32 Å². The Morgan fingerprint density at radius 3 is 2.50 bits per heavy atom. The van der Waals surface area contributed by atoms with E-state index in [1.54, 1.807) is 18.3 Å². The molecule has 0 bridgehead atoms. The second kappa shape index (κ2) is 4.35. The lowest BCUT2D eigenvalue weighted by Crippen LogP contribution is -2.02. The average Bonchev–Trinajstić information content (AvgIpc) is 2.31. The van der Waals surface area contributed by atoms with Gasteiger partial charge in [-0.05, 0) is 12.1 Å². The number of nitrogens with zero attached hydrogens (tertiary/aromatic N) is 3. The van der Waals surface area contributed by atoms with Crippen LogP contribution in [0.3, 0.4) is 0 Å². The van der Waals surface area contributed by atoms with Gasteiger partial charge in [-0.2, -0.15) is 0 Å².